The van der Waals surface area contributed by atoms with Gasteiger partial charge in [0.2, 0.25) is 0 Å². The summed E-state index contributed by atoms with van der Waals surface area (Å²) in [5, 5.41) is 0. The molecule has 0 heterocycles. The predicted octanol–water partition coefficient (Wildman–Crippen LogP) is 3.98. The summed E-state index contributed by atoms with van der Waals surface area (Å²) in [6.07, 6.45) is 5.46. The Hall–Kier alpha value is -0.590. The van der Waals surface area contributed by atoms with Crippen LogP contribution in [-0.4, -0.2) is 5.78 Å². The molecule has 1 heteroatoms. The molecule has 0 amide bonds. The third kappa shape index (κ3) is 5.21. The van der Waals surface area contributed by atoms with Gasteiger partial charge in [-0.25, -0.2) is 0 Å². The summed E-state index contributed by atoms with van der Waals surface area (Å²) >= 11 is 0. The Bertz CT molecular complexity index is 199. The van der Waals surface area contributed by atoms with Gasteiger partial charge in [-0.05, 0) is 46.0 Å². The molecule has 0 N–H and O–H groups in total. The third-order valence-corrected chi connectivity index (χ3v) is 2.82. The fourth-order valence-corrected chi connectivity index (χ4v) is 1.93. The van der Waals surface area contributed by atoms with Gasteiger partial charge >= 0.3 is 0 Å². The van der Waals surface area contributed by atoms with Crippen LogP contribution in [0.2, 0.25) is 0 Å². The van der Waals surface area contributed by atoms with Crippen LogP contribution in [0.5, 0.6) is 0 Å². The van der Waals surface area contributed by atoms with Crippen molar-refractivity contribution < 1.29 is 4.79 Å². The van der Waals surface area contributed by atoms with Gasteiger partial charge in [0.05, 0.1) is 0 Å². The highest BCUT2D eigenvalue weighted by atomic mass is 16.1. The van der Waals surface area contributed by atoms with E-state index < -0.39 is 0 Å². The number of ketones is 1. The van der Waals surface area contributed by atoms with Crippen molar-refractivity contribution in [2.24, 2.45) is 11.8 Å². The van der Waals surface area contributed by atoms with E-state index in [0.29, 0.717) is 11.7 Å². The van der Waals surface area contributed by atoms with Crippen LogP contribution in [0.1, 0.15) is 53.9 Å². The van der Waals surface area contributed by atoms with Crippen molar-refractivity contribution >= 4 is 5.78 Å². The summed E-state index contributed by atoms with van der Waals surface area (Å²) in [5.74, 6) is 1.13. The summed E-state index contributed by atoms with van der Waals surface area (Å²) in [5.41, 5.74) is 1.37. The molecule has 2 unspecified atom stereocenters. The summed E-state index contributed by atoms with van der Waals surface area (Å²) < 4.78 is 0. The number of Topliss-reactive ketones (excluding diaryl/α,β-unsaturated/α-hetero) is 1. The zero-order chi connectivity index (χ0) is 11.1. The second-order valence-corrected chi connectivity index (χ2v) is 4.46. The van der Waals surface area contributed by atoms with Crippen molar-refractivity contribution in [3.05, 3.63) is 11.6 Å². The molecule has 0 spiro atoms. The van der Waals surface area contributed by atoms with Crippen molar-refractivity contribution in [1.29, 1.82) is 0 Å². The highest BCUT2D eigenvalue weighted by molar-refractivity contribution is 5.78. The van der Waals surface area contributed by atoms with Crippen LogP contribution < -0.4 is 0 Å². The molecule has 2 atom stereocenters. The van der Waals surface area contributed by atoms with E-state index in [4.69, 9.17) is 0 Å². The molecule has 0 aliphatic heterocycles. The van der Waals surface area contributed by atoms with Crippen LogP contribution >= 0.6 is 0 Å². The molecule has 0 aromatic carbocycles. The molecule has 0 rings (SSSR count). The maximum absolute atomic E-state index is 11.3. The van der Waals surface area contributed by atoms with Crippen LogP contribution in [0.15, 0.2) is 11.6 Å². The van der Waals surface area contributed by atoms with E-state index >= 15 is 0 Å². The van der Waals surface area contributed by atoms with Gasteiger partial charge in [0, 0.05) is 5.92 Å². The molecule has 1 nitrogen and oxygen atoms in total. The standard InChI is InChI=1S/C13H24O/c1-6-13(12(5)14)11(4)9-7-8-10(2)3/h8,11,13H,6-7,9H2,1-5H3. The molecule has 0 radical (unpaired) electrons. The Balaban J connectivity index is 3.99. The molecule has 14 heavy (non-hydrogen) atoms. The Morgan fingerprint density at radius 3 is 2.21 bits per heavy atom. The minimum absolute atomic E-state index is 0.264. The molecule has 0 saturated carbocycles. The van der Waals surface area contributed by atoms with Gasteiger partial charge in [0.1, 0.15) is 5.78 Å². The number of hydrogen-bond acceptors (Lipinski definition) is 1. The second kappa shape index (κ2) is 6.80. The molecular formula is C13H24O. The van der Waals surface area contributed by atoms with Gasteiger partial charge in [-0.1, -0.05) is 25.5 Å². The molecule has 0 bridgehead atoms. The van der Waals surface area contributed by atoms with E-state index in [9.17, 15) is 4.79 Å². The lowest BCUT2D eigenvalue weighted by atomic mass is 9.85. The molecule has 0 saturated heterocycles. The maximum Gasteiger partial charge on any atom is 0.133 e. The normalized spacial score (nSPS) is 14.6. The van der Waals surface area contributed by atoms with Crippen LogP contribution in [-0.2, 0) is 4.79 Å². The van der Waals surface area contributed by atoms with E-state index in [-0.39, 0.29) is 5.92 Å². The maximum atomic E-state index is 11.3. The largest absolute Gasteiger partial charge is 0.300 e. The SMILES string of the molecule is CCC(C(C)=O)C(C)CCC=C(C)C. The summed E-state index contributed by atoms with van der Waals surface area (Å²) in [6.45, 7) is 10.2. The quantitative estimate of drug-likeness (QED) is 0.587. The molecular weight excluding hydrogens is 172 g/mol. The Morgan fingerprint density at radius 2 is 1.86 bits per heavy atom. The topological polar surface area (TPSA) is 17.1 Å². The molecule has 0 aliphatic carbocycles. The predicted molar refractivity (Wildman–Crippen MR) is 62.3 cm³/mol. The Kier molecular flexibility index (Phi) is 6.52. The summed E-state index contributed by atoms with van der Waals surface area (Å²) in [7, 11) is 0. The van der Waals surface area contributed by atoms with Crippen LogP contribution in [0.4, 0.5) is 0 Å². The lowest BCUT2D eigenvalue weighted by Gasteiger charge is -2.19. The van der Waals surface area contributed by atoms with E-state index in [2.05, 4.69) is 33.8 Å². The minimum atomic E-state index is 0.264. The Labute approximate surface area is 88.6 Å². The summed E-state index contributed by atoms with van der Waals surface area (Å²) in [4.78, 5) is 11.3. The van der Waals surface area contributed by atoms with Crippen molar-refractivity contribution in [1.82, 2.24) is 0 Å². The zero-order valence-corrected chi connectivity index (χ0v) is 10.3. The average molecular weight is 196 g/mol. The van der Waals surface area contributed by atoms with Gasteiger partial charge < -0.3 is 0 Å². The fourth-order valence-electron chi connectivity index (χ4n) is 1.93. The molecule has 0 aromatic heterocycles. The van der Waals surface area contributed by atoms with Gasteiger partial charge in [-0.2, -0.15) is 0 Å². The minimum Gasteiger partial charge on any atom is -0.300 e. The average Bonchev–Trinajstić information content (AvgIpc) is 2.03. The number of rotatable bonds is 6. The van der Waals surface area contributed by atoms with E-state index in [1.165, 1.54) is 5.57 Å². The van der Waals surface area contributed by atoms with Crippen LogP contribution in [0.25, 0.3) is 0 Å². The monoisotopic (exact) mass is 196 g/mol. The Morgan fingerprint density at radius 1 is 1.29 bits per heavy atom. The molecule has 0 aliphatic rings. The van der Waals surface area contributed by atoms with E-state index in [1.54, 1.807) is 6.92 Å². The smallest absolute Gasteiger partial charge is 0.133 e. The second-order valence-electron chi connectivity index (χ2n) is 4.46. The van der Waals surface area contributed by atoms with Crippen LogP contribution in [0.3, 0.4) is 0 Å². The lowest BCUT2D eigenvalue weighted by Crippen LogP contribution is -2.18. The van der Waals surface area contributed by atoms with Gasteiger partial charge in [-0.15, -0.1) is 0 Å². The zero-order valence-electron chi connectivity index (χ0n) is 10.3. The van der Waals surface area contributed by atoms with Crippen molar-refractivity contribution in [3.8, 4) is 0 Å². The van der Waals surface area contributed by atoms with Gasteiger partial charge in [-0.3, -0.25) is 4.79 Å². The van der Waals surface area contributed by atoms with Gasteiger partial charge in [0.15, 0.2) is 0 Å². The van der Waals surface area contributed by atoms with Crippen molar-refractivity contribution in [2.45, 2.75) is 53.9 Å². The molecule has 0 fully saturated rings. The van der Waals surface area contributed by atoms with Gasteiger partial charge in [0.25, 0.3) is 0 Å². The highest BCUT2D eigenvalue weighted by Gasteiger charge is 2.18. The van der Waals surface area contributed by atoms with Crippen molar-refractivity contribution in [3.63, 3.8) is 0 Å². The summed E-state index contributed by atoms with van der Waals surface area (Å²) in [6, 6.07) is 0. The number of carbonyl (C=O) groups is 1. The first-order valence-electron chi connectivity index (χ1n) is 5.62. The lowest BCUT2D eigenvalue weighted by molar-refractivity contribution is -0.122. The molecule has 0 aromatic rings. The first kappa shape index (κ1) is 13.4. The highest BCUT2D eigenvalue weighted by Crippen LogP contribution is 2.21. The first-order valence-corrected chi connectivity index (χ1v) is 5.62. The first-order chi connectivity index (χ1) is 6.49. The number of hydrogen-bond donors (Lipinski definition) is 0. The fraction of sp³-hybridized carbons (Fsp3) is 0.769. The van der Waals surface area contributed by atoms with Crippen LogP contribution in [0, 0.1) is 11.8 Å². The molecule has 82 valence electrons. The number of allylic oxidation sites excluding steroid dienone is 2. The third-order valence-electron chi connectivity index (χ3n) is 2.82. The van der Waals surface area contributed by atoms with E-state index in [1.807, 2.05) is 0 Å². The number of carbonyl (C=O) groups excluding carboxylic acids is 1. The van der Waals surface area contributed by atoms with Crippen molar-refractivity contribution in [2.75, 3.05) is 0 Å². The van der Waals surface area contributed by atoms with E-state index in [0.717, 1.165) is 19.3 Å².